The minimum Gasteiger partial charge on any atom is -0.492 e. The van der Waals surface area contributed by atoms with E-state index in [-0.39, 0.29) is 23.7 Å². The van der Waals surface area contributed by atoms with Gasteiger partial charge in [0.05, 0.1) is 23.7 Å². The third kappa shape index (κ3) is 6.65. The number of ether oxygens (including phenoxy) is 2. The summed E-state index contributed by atoms with van der Waals surface area (Å²) in [5.74, 6) is 0.522. The Kier molecular flexibility index (Phi) is 8.79. The summed E-state index contributed by atoms with van der Waals surface area (Å²) in [6, 6.07) is 20.1. The van der Waals surface area contributed by atoms with E-state index in [1.165, 1.54) is 12.1 Å². The van der Waals surface area contributed by atoms with Crippen molar-refractivity contribution in [3.63, 3.8) is 0 Å². The van der Waals surface area contributed by atoms with E-state index in [1.807, 2.05) is 13.8 Å². The van der Waals surface area contributed by atoms with E-state index in [9.17, 15) is 13.2 Å². The lowest BCUT2D eigenvalue weighted by atomic mass is 10.2. The lowest BCUT2D eigenvalue weighted by molar-refractivity contribution is -0.119. The fraction of sp³-hybridized carbons (Fsp3) is 0.240. The second-order valence-corrected chi connectivity index (χ2v) is 9.68. The number of carbonyl (C=O) groups excluding carboxylic acids is 1. The smallest absolute Gasteiger partial charge is 0.264 e. The molecule has 0 fully saturated rings. The zero-order valence-corrected chi connectivity index (χ0v) is 20.6. The summed E-state index contributed by atoms with van der Waals surface area (Å²) < 4.78 is 39.3. The van der Waals surface area contributed by atoms with Crippen molar-refractivity contribution in [1.29, 1.82) is 0 Å². The van der Waals surface area contributed by atoms with Gasteiger partial charge < -0.3 is 14.8 Å². The summed E-state index contributed by atoms with van der Waals surface area (Å²) in [5, 5.41) is 3.31. The van der Waals surface area contributed by atoms with Crippen molar-refractivity contribution in [1.82, 2.24) is 5.32 Å². The van der Waals surface area contributed by atoms with Crippen molar-refractivity contribution in [3.8, 4) is 11.5 Å². The van der Waals surface area contributed by atoms with Crippen LogP contribution in [0.2, 0.25) is 5.02 Å². The molecule has 0 unspecified atom stereocenters. The first-order chi connectivity index (χ1) is 16.3. The van der Waals surface area contributed by atoms with Crippen molar-refractivity contribution in [2.45, 2.75) is 18.7 Å². The fourth-order valence-electron chi connectivity index (χ4n) is 3.15. The second-order valence-electron chi connectivity index (χ2n) is 7.38. The number of benzene rings is 3. The second kappa shape index (κ2) is 11.8. The van der Waals surface area contributed by atoms with Gasteiger partial charge in [0.25, 0.3) is 10.0 Å². The third-order valence-electron chi connectivity index (χ3n) is 4.84. The Balaban J connectivity index is 1.76. The zero-order valence-electron chi connectivity index (χ0n) is 19.0. The Morgan fingerprint density at radius 3 is 2.32 bits per heavy atom. The molecular formula is C25H27ClN2O5S. The van der Waals surface area contributed by atoms with Crippen LogP contribution in [0.1, 0.15) is 12.5 Å². The molecule has 0 aliphatic heterocycles. The maximum atomic E-state index is 13.5. The summed E-state index contributed by atoms with van der Waals surface area (Å²) in [4.78, 5) is 12.8. The van der Waals surface area contributed by atoms with Gasteiger partial charge in [-0.1, -0.05) is 41.4 Å². The molecule has 7 nitrogen and oxygen atoms in total. The molecule has 34 heavy (non-hydrogen) atoms. The first-order valence-electron chi connectivity index (χ1n) is 10.8. The number of nitrogens with one attached hydrogen (secondary N) is 1. The van der Waals surface area contributed by atoms with E-state index in [0.29, 0.717) is 23.1 Å². The van der Waals surface area contributed by atoms with E-state index >= 15 is 0 Å². The van der Waals surface area contributed by atoms with Gasteiger partial charge >= 0.3 is 0 Å². The Morgan fingerprint density at radius 2 is 1.65 bits per heavy atom. The predicted octanol–water partition coefficient (Wildman–Crippen LogP) is 4.44. The van der Waals surface area contributed by atoms with Gasteiger partial charge in [-0.15, -0.1) is 0 Å². The van der Waals surface area contributed by atoms with Crippen molar-refractivity contribution in [2.24, 2.45) is 0 Å². The van der Waals surface area contributed by atoms with E-state index < -0.39 is 22.5 Å². The fourth-order valence-corrected chi connectivity index (χ4v) is 4.71. The number of halogens is 1. The molecule has 0 heterocycles. The van der Waals surface area contributed by atoms with Gasteiger partial charge in [0.15, 0.2) is 0 Å². The van der Waals surface area contributed by atoms with Crippen molar-refractivity contribution in [2.75, 3.05) is 30.6 Å². The Morgan fingerprint density at radius 1 is 0.971 bits per heavy atom. The highest BCUT2D eigenvalue weighted by Crippen LogP contribution is 2.32. The summed E-state index contributed by atoms with van der Waals surface area (Å²) in [5.41, 5.74) is 1.22. The normalized spacial score (nSPS) is 11.0. The van der Waals surface area contributed by atoms with Crippen LogP contribution in [0.3, 0.4) is 0 Å². The molecule has 9 heteroatoms. The number of para-hydroxylation sites is 2. The minimum absolute atomic E-state index is 0.0864. The number of aryl methyl sites for hydroxylation is 1. The van der Waals surface area contributed by atoms with Gasteiger partial charge in [-0.25, -0.2) is 8.42 Å². The molecule has 0 saturated carbocycles. The number of hydrogen-bond acceptors (Lipinski definition) is 5. The Labute approximate surface area is 205 Å². The van der Waals surface area contributed by atoms with Gasteiger partial charge in [-0.3, -0.25) is 9.10 Å². The highest BCUT2D eigenvalue weighted by atomic mass is 35.5. The van der Waals surface area contributed by atoms with Crippen molar-refractivity contribution >= 4 is 33.2 Å². The van der Waals surface area contributed by atoms with Crippen LogP contribution in [0.4, 0.5) is 5.69 Å². The van der Waals surface area contributed by atoms with Gasteiger partial charge in [0.2, 0.25) is 5.91 Å². The first-order valence-corrected chi connectivity index (χ1v) is 12.6. The maximum Gasteiger partial charge on any atom is 0.264 e. The van der Waals surface area contributed by atoms with E-state index in [0.717, 1.165) is 9.87 Å². The molecule has 0 aromatic heterocycles. The highest BCUT2D eigenvalue weighted by Gasteiger charge is 2.29. The average molecular weight is 503 g/mol. The Hall–Kier alpha value is -3.23. The molecule has 3 aromatic rings. The van der Waals surface area contributed by atoms with Crippen LogP contribution in [0.25, 0.3) is 0 Å². The number of rotatable bonds is 11. The quantitative estimate of drug-likeness (QED) is 0.392. The van der Waals surface area contributed by atoms with Crippen molar-refractivity contribution < 1.29 is 22.7 Å². The molecule has 1 N–H and O–H groups in total. The van der Waals surface area contributed by atoms with Crippen LogP contribution in [-0.2, 0) is 14.8 Å². The highest BCUT2D eigenvalue weighted by molar-refractivity contribution is 7.92. The van der Waals surface area contributed by atoms with Crippen LogP contribution in [0, 0.1) is 6.92 Å². The summed E-state index contributed by atoms with van der Waals surface area (Å²) in [6.45, 7) is 4.03. The van der Waals surface area contributed by atoms with Crippen LogP contribution in [0.5, 0.6) is 11.5 Å². The standard InChI is InChI=1S/C25H27ClN2O5S/c1-3-32-24-7-5-4-6-23(24)28(34(30,31)22-14-8-19(2)9-15-22)18-25(29)27-16-17-33-21-12-10-20(26)11-13-21/h4-15H,3,16-18H2,1-2H3,(H,27,29). The van der Waals surface area contributed by atoms with Crippen LogP contribution >= 0.6 is 11.6 Å². The minimum atomic E-state index is -4.04. The number of sulfonamides is 1. The van der Waals surface area contributed by atoms with Crippen molar-refractivity contribution in [3.05, 3.63) is 83.4 Å². The largest absolute Gasteiger partial charge is 0.492 e. The Bertz CT molecular complexity index is 1200. The molecule has 0 aliphatic carbocycles. The first kappa shape index (κ1) is 25.4. The van der Waals surface area contributed by atoms with E-state index in [4.69, 9.17) is 21.1 Å². The number of nitrogens with zero attached hydrogens (tertiary/aromatic N) is 1. The van der Waals surface area contributed by atoms with Gasteiger partial charge in [-0.05, 0) is 62.4 Å². The SMILES string of the molecule is CCOc1ccccc1N(CC(=O)NCCOc1ccc(Cl)cc1)S(=O)(=O)c1ccc(C)cc1. The summed E-state index contributed by atoms with van der Waals surface area (Å²) in [7, 11) is -4.04. The lowest BCUT2D eigenvalue weighted by Crippen LogP contribution is -2.42. The van der Waals surface area contributed by atoms with Crippen LogP contribution < -0.4 is 19.1 Å². The van der Waals surface area contributed by atoms with Gasteiger partial charge in [0.1, 0.15) is 24.7 Å². The molecule has 0 bridgehead atoms. The molecule has 3 aromatic carbocycles. The van der Waals surface area contributed by atoms with E-state index in [2.05, 4.69) is 5.32 Å². The predicted molar refractivity (Wildman–Crippen MR) is 133 cm³/mol. The molecule has 0 saturated heterocycles. The van der Waals surface area contributed by atoms with E-state index in [1.54, 1.807) is 60.7 Å². The molecule has 180 valence electrons. The molecule has 0 aliphatic rings. The number of amides is 1. The molecule has 3 rings (SSSR count). The number of carbonyl (C=O) groups is 1. The zero-order chi connectivity index (χ0) is 24.6. The lowest BCUT2D eigenvalue weighted by Gasteiger charge is -2.26. The summed E-state index contributed by atoms with van der Waals surface area (Å²) in [6.07, 6.45) is 0. The van der Waals surface area contributed by atoms with Gasteiger partial charge in [-0.2, -0.15) is 0 Å². The maximum absolute atomic E-state index is 13.5. The molecular weight excluding hydrogens is 476 g/mol. The molecule has 0 radical (unpaired) electrons. The monoisotopic (exact) mass is 502 g/mol. The third-order valence-corrected chi connectivity index (χ3v) is 6.86. The molecule has 1 amide bonds. The topological polar surface area (TPSA) is 84.9 Å². The summed E-state index contributed by atoms with van der Waals surface area (Å²) >= 11 is 5.86. The van der Waals surface area contributed by atoms with Gasteiger partial charge in [0, 0.05) is 5.02 Å². The van der Waals surface area contributed by atoms with Crippen LogP contribution in [-0.4, -0.2) is 40.6 Å². The average Bonchev–Trinajstić information content (AvgIpc) is 2.82. The molecule has 0 atom stereocenters. The number of hydrogen-bond donors (Lipinski definition) is 1. The molecule has 0 spiro atoms. The number of anilines is 1. The van der Waals surface area contributed by atoms with Crippen LogP contribution in [0.15, 0.2) is 77.7 Å².